The van der Waals surface area contributed by atoms with Crippen LogP contribution in [0.25, 0.3) is 0 Å². The Bertz CT molecular complexity index is 435. The van der Waals surface area contributed by atoms with Crippen molar-refractivity contribution in [3.63, 3.8) is 0 Å². The molecule has 104 valence electrons. The zero-order valence-corrected chi connectivity index (χ0v) is 11.8. The second kappa shape index (κ2) is 8.53. The van der Waals surface area contributed by atoms with Gasteiger partial charge in [-0.3, -0.25) is 9.59 Å². The number of hydrogen-bond acceptors (Lipinski definition) is 2. The van der Waals surface area contributed by atoms with Gasteiger partial charge >= 0.3 is 0 Å². The topological polar surface area (TPSA) is 58.2 Å². The molecule has 0 aliphatic heterocycles. The predicted octanol–water partition coefficient (Wildman–Crippen LogP) is 1.91. The van der Waals surface area contributed by atoms with Crippen LogP contribution in [0.5, 0.6) is 0 Å². The molecule has 4 nitrogen and oxygen atoms in total. The summed E-state index contributed by atoms with van der Waals surface area (Å²) < 4.78 is 0. The Morgan fingerprint density at radius 3 is 2.58 bits per heavy atom. The Morgan fingerprint density at radius 1 is 1.16 bits per heavy atom. The van der Waals surface area contributed by atoms with E-state index in [1.165, 1.54) is 0 Å². The summed E-state index contributed by atoms with van der Waals surface area (Å²) in [5.41, 5.74) is 0.940. The molecule has 2 amide bonds. The molecule has 1 aromatic carbocycles. The van der Waals surface area contributed by atoms with Gasteiger partial charge in [-0.15, -0.1) is 0 Å². The third kappa shape index (κ3) is 6.25. The first-order valence-corrected chi connectivity index (χ1v) is 6.78. The number of rotatable bonds is 7. The van der Waals surface area contributed by atoms with Gasteiger partial charge in [0.1, 0.15) is 0 Å². The van der Waals surface area contributed by atoms with Crippen LogP contribution in [0.15, 0.2) is 24.3 Å². The fourth-order valence-electron chi connectivity index (χ4n) is 1.54. The van der Waals surface area contributed by atoms with E-state index in [-0.39, 0.29) is 18.4 Å². The monoisotopic (exact) mass is 282 g/mol. The van der Waals surface area contributed by atoms with Crippen molar-refractivity contribution in [1.82, 2.24) is 10.6 Å². The van der Waals surface area contributed by atoms with Gasteiger partial charge in [0.05, 0.1) is 6.54 Å². The molecule has 0 unspecified atom stereocenters. The van der Waals surface area contributed by atoms with Crippen molar-refractivity contribution in [1.29, 1.82) is 0 Å². The van der Waals surface area contributed by atoms with Gasteiger partial charge < -0.3 is 10.6 Å². The van der Waals surface area contributed by atoms with E-state index in [1.54, 1.807) is 6.07 Å². The summed E-state index contributed by atoms with van der Waals surface area (Å²) in [6, 6.07) is 7.43. The number of aryl methyl sites for hydroxylation is 1. The van der Waals surface area contributed by atoms with Gasteiger partial charge in [-0.25, -0.2) is 0 Å². The quantitative estimate of drug-likeness (QED) is 0.803. The molecule has 1 rings (SSSR count). The van der Waals surface area contributed by atoms with E-state index < -0.39 is 0 Å². The Labute approximate surface area is 118 Å². The largest absolute Gasteiger partial charge is 0.355 e. The summed E-state index contributed by atoms with van der Waals surface area (Å²) in [6.07, 6.45) is 1.78. The minimum atomic E-state index is -0.159. The molecule has 5 heteroatoms. The van der Waals surface area contributed by atoms with Gasteiger partial charge in [-0.05, 0) is 24.5 Å². The molecule has 0 aliphatic rings. The highest BCUT2D eigenvalue weighted by molar-refractivity contribution is 6.31. The van der Waals surface area contributed by atoms with Gasteiger partial charge in [0.2, 0.25) is 11.8 Å². The molecule has 0 aromatic heterocycles. The molecule has 2 N–H and O–H groups in total. The van der Waals surface area contributed by atoms with Gasteiger partial charge in [-0.2, -0.15) is 0 Å². The maximum absolute atomic E-state index is 11.6. The van der Waals surface area contributed by atoms with Crippen molar-refractivity contribution >= 4 is 23.4 Å². The Balaban J connectivity index is 2.25. The SMILES string of the molecule is CCCNC(=O)CNC(=O)CCc1ccccc1Cl. The molecule has 0 spiro atoms. The molecule has 0 saturated carbocycles. The van der Waals surface area contributed by atoms with E-state index >= 15 is 0 Å². The number of hydrogen-bond donors (Lipinski definition) is 2. The first-order chi connectivity index (χ1) is 9.13. The Hall–Kier alpha value is -1.55. The molecule has 0 radical (unpaired) electrons. The molecule has 0 atom stereocenters. The van der Waals surface area contributed by atoms with E-state index in [2.05, 4.69) is 10.6 Å². The number of carbonyl (C=O) groups is 2. The van der Waals surface area contributed by atoms with Crippen molar-refractivity contribution in [3.05, 3.63) is 34.9 Å². The average Bonchev–Trinajstić information content (AvgIpc) is 2.42. The maximum Gasteiger partial charge on any atom is 0.239 e. The van der Waals surface area contributed by atoms with Crippen LogP contribution in [-0.4, -0.2) is 24.9 Å². The number of benzene rings is 1. The van der Waals surface area contributed by atoms with Crippen LogP contribution >= 0.6 is 11.6 Å². The van der Waals surface area contributed by atoms with Crippen LogP contribution in [0.1, 0.15) is 25.3 Å². The third-order valence-electron chi connectivity index (χ3n) is 2.60. The zero-order valence-electron chi connectivity index (χ0n) is 11.0. The molecular weight excluding hydrogens is 264 g/mol. The van der Waals surface area contributed by atoms with Crippen molar-refractivity contribution in [2.45, 2.75) is 26.2 Å². The highest BCUT2D eigenvalue weighted by Gasteiger charge is 2.06. The molecule has 0 saturated heterocycles. The van der Waals surface area contributed by atoms with Crippen LogP contribution in [0.2, 0.25) is 5.02 Å². The number of nitrogens with one attached hydrogen (secondary N) is 2. The minimum absolute atomic E-state index is 0.0291. The van der Waals surface area contributed by atoms with Crippen molar-refractivity contribution in [3.8, 4) is 0 Å². The fraction of sp³-hybridized carbons (Fsp3) is 0.429. The second-order valence-electron chi connectivity index (χ2n) is 4.22. The van der Waals surface area contributed by atoms with Crippen LogP contribution < -0.4 is 10.6 Å². The summed E-state index contributed by atoms with van der Waals surface area (Å²) in [5, 5.41) is 5.95. The summed E-state index contributed by atoms with van der Waals surface area (Å²) in [7, 11) is 0. The molecule has 0 fully saturated rings. The van der Waals surface area contributed by atoms with Crippen molar-refractivity contribution < 1.29 is 9.59 Å². The van der Waals surface area contributed by atoms with Crippen LogP contribution in [-0.2, 0) is 16.0 Å². The molecule has 0 heterocycles. The second-order valence-corrected chi connectivity index (χ2v) is 4.63. The minimum Gasteiger partial charge on any atom is -0.355 e. The summed E-state index contributed by atoms with van der Waals surface area (Å²) in [6.45, 7) is 2.64. The van der Waals surface area contributed by atoms with Gasteiger partial charge in [0.15, 0.2) is 0 Å². The van der Waals surface area contributed by atoms with E-state index in [1.807, 2.05) is 25.1 Å². The maximum atomic E-state index is 11.6. The van der Waals surface area contributed by atoms with E-state index in [0.717, 1.165) is 12.0 Å². The van der Waals surface area contributed by atoms with Gasteiger partial charge in [0, 0.05) is 18.0 Å². The van der Waals surface area contributed by atoms with Crippen LogP contribution in [0.3, 0.4) is 0 Å². The molecule has 19 heavy (non-hydrogen) atoms. The highest BCUT2D eigenvalue weighted by atomic mass is 35.5. The number of halogens is 1. The predicted molar refractivity (Wildman–Crippen MR) is 76.1 cm³/mol. The number of amides is 2. The zero-order chi connectivity index (χ0) is 14.1. The lowest BCUT2D eigenvalue weighted by Gasteiger charge is -2.06. The number of carbonyl (C=O) groups excluding carboxylic acids is 2. The standard InChI is InChI=1S/C14H19ClN2O2/c1-2-9-16-14(19)10-17-13(18)8-7-11-5-3-4-6-12(11)15/h3-6H,2,7-10H2,1H3,(H,16,19)(H,17,18). The van der Waals surface area contributed by atoms with Gasteiger partial charge in [-0.1, -0.05) is 36.7 Å². The van der Waals surface area contributed by atoms with E-state index in [0.29, 0.717) is 24.4 Å². The van der Waals surface area contributed by atoms with Crippen molar-refractivity contribution in [2.24, 2.45) is 0 Å². The summed E-state index contributed by atoms with van der Waals surface area (Å²) >= 11 is 6.00. The lowest BCUT2D eigenvalue weighted by molar-refractivity contribution is -0.126. The normalized spacial score (nSPS) is 10.0. The fourth-order valence-corrected chi connectivity index (χ4v) is 1.77. The van der Waals surface area contributed by atoms with E-state index in [4.69, 9.17) is 11.6 Å². The first-order valence-electron chi connectivity index (χ1n) is 6.40. The third-order valence-corrected chi connectivity index (χ3v) is 2.97. The molecular formula is C14H19ClN2O2. The summed E-state index contributed by atoms with van der Waals surface area (Å²) in [5.74, 6) is -0.306. The van der Waals surface area contributed by atoms with E-state index in [9.17, 15) is 9.59 Å². The van der Waals surface area contributed by atoms with Crippen molar-refractivity contribution in [2.75, 3.05) is 13.1 Å². The Kier molecular flexibility index (Phi) is 6.97. The highest BCUT2D eigenvalue weighted by Crippen LogP contribution is 2.16. The Morgan fingerprint density at radius 2 is 1.89 bits per heavy atom. The van der Waals surface area contributed by atoms with Crippen LogP contribution in [0.4, 0.5) is 0 Å². The first kappa shape index (κ1) is 15.5. The lowest BCUT2D eigenvalue weighted by atomic mass is 10.1. The van der Waals surface area contributed by atoms with Crippen LogP contribution in [0, 0.1) is 0 Å². The average molecular weight is 283 g/mol. The smallest absolute Gasteiger partial charge is 0.239 e. The summed E-state index contributed by atoms with van der Waals surface area (Å²) in [4.78, 5) is 22.9. The molecule has 0 aliphatic carbocycles. The molecule has 1 aromatic rings. The van der Waals surface area contributed by atoms with Gasteiger partial charge in [0.25, 0.3) is 0 Å². The molecule has 0 bridgehead atoms. The lowest BCUT2D eigenvalue weighted by Crippen LogP contribution is -2.37.